The molecule has 1 fully saturated rings. The Balaban J connectivity index is 1.71. The zero-order chi connectivity index (χ0) is 18.0. The molecule has 0 amide bonds. The fraction of sp³-hybridized carbons (Fsp3) is 1.00. The average molecular weight is 353 g/mol. The summed E-state index contributed by atoms with van der Waals surface area (Å²) in [6.07, 6.45) is 21.2. The Morgan fingerprint density at radius 2 is 1.08 bits per heavy atom. The van der Waals surface area contributed by atoms with Crippen molar-refractivity contribution in [2.24, 2.45) is 11.8 Å². The van der Waals surface area contributed by atoms with E-state index in [0.29, 0.717) is 0 Å². The molecule has 0 spiro atoms. The summed E-state index contributed by atoms with van der Waals surface area (Å²) in [5.41, 5.74) is 0. The van der Waals surface area contributed by atoms with Gasteiger partial charge >= 0.3 is 0 Å². The lowest BCUT2D eigenvalue weighted by atomic mass is 10.1. The normalized spacial score (nSPS) is 19.4. The molecule has 2 heteroatoms. The van der Waals surface area contributed by atoms with E-state index in [1.807, 2.05) is 0 Å². The van der Waals surface area contributed by atoms with Crippen molar-refractivity contribution in [1.29, 1.82) is 0 Å². The van der Waals surface area contributed by atoms with Gasteiger partial charge in [-0.1, -0.05) is 84.5 Å². The number of rotatable bonds is 20. The Bertz CT molecular complexity index is 267. The van der Waals surface area contributed by atoms with E-state index in [-0.39, 0.29) is 0 Å². The smallest absolute Gasteiger partial charge is 0.00178 e. The molecule has 0 bridgehead atoms. The van der Waals surface area contributed by atoms with Crippen molar-refractivity contribution in [2.75, 3.05) is 26.2 Å². The first-order valence-electron chi connectivity index (χ1n) is 11.8. The summed E-state index contributed by atoms with van der Waals surface area (Å²) in [6.45, 7) is 9.58. The van der Waals surface area contributed by atoms with Crippen LogP contribution in [0.15, 0.2) is 0 Å². The molecule has 0 radical (unpaired) electrons. The zero-order valence-corrected chi connectivity index (χ0v) is 17.6. The molecule has 0 aromatic rings. The van der Waals surface area contributed by atoms with E-state index in [2.05, 4.69) is 24.5 Å². The molecule has 150 valence electrons. The Morgan fingerprint density at radius 3 is 1.72 bits per heavy atom. The number of nitrogens with one attached hydrogen (secondary N) is 2. The van der Waals surface area contributed by atoms with Crippen LogP contribution in [0.25, 0.3) is 0 Å². The molecule has 1 aliphatic carbocycles. The summed E-state index contributed by atoms with van der Waals surface area (Å²) >= 11 is 0. The third-order valence-electron chi connectivity index (χ3n) is 5.82. The SMILES string of the molecule is CCCCCCCNC[C@@H]1C[C@H]1CCCCCCNCCCCCC. The van der Waals surface area contributed by atoms with Crippen molar-refractivity contribution in [3.8, 4) is 0 Å². The lowest BCUT2D eigenvalue weighted by molar-refractivity contribution is 0.517. The second-order valence-corrected chi connectivity index (χ2v) is 8.39. The van der Waals surface area contributed by atoms with Gasteiger partial charge in [0.05, 0.1) is 0 Å². The molecule has 2 nitrogen and oxygen atoms in total. The molecule has 1 aliphatic rings. The molecule has 0 aromatic heterocycles. The molecule has 1 saturated carbocycles. The van der Waals surface area contributed by atoms with Crippen LogP contribution in [0.5, 0.6) is 0 Å². The van der Waals surface area contributed by atoms with Crippen LogP contribution in [0, 0.1) is 11.8 Å². The lowest BCUT2D eigenvalue weighted by Crippen LogP contribution is -2.18. The van der Waals surface area contributed by atoms with Crippen LogP contribution in [0.1, 0.15) is 110 Å². The molecule has 2 N–H and O–H groups in total. The van der Waals surface area contributed by atoms with E-state index >= 15 is 0 Å². The van der Waals surface area contributed by atoms with Gasteiger partial charge in [0.25, 0.3) is 0 Å². The zero-order valence-electron chi connectivity index (χ0n) is 17.6. The highest BCUT2D eigenvalue weighted by Gasteiger charge is 2.35. The summed E-state index contributed by atoms with van der Waals surface area (Å²) in [5.74, 6) is 2.07. The van der Waals surface area contributed by atoms with Crippen LogP contribution >= 0.6 is 0 Å². The summed E-state index contributed by atoms with van der Waals surface area (Å²) in [4.78, 5) is 0. The highest BCUT2D eigenvalue weighted by Crippen LogP contribution is 2.41. The summed E-state index contributed by atoms with van der Waals surface area (Å²) in [6, 6.07) is 0. The van der Waals surface area contributed by atoms with Crippen molar-refractivity contribution >= 4 is 0 Å². The first-order valence-corrected chi connectivity index (χ1v) is 11.8. The van der Waals surface area contributed by atoms with E-state index < -0.39 is 0 Å². The topological polar surface area (TPSA) is 24.1 Å². The number of hydrogen-bond donors (Lipinski definition) is 2. The standard InChI is InChI=1S/C23H48N2/c1-3-5-7-10-15-19-25-21-23-20-22(23)16-12-9-11-14-18-24-17-13-8-6-4-2/h22-25H,3-21H2,1-2H3/t22-,23+/m1/s1. The van der Waals surface area contributed by atoms with Gasteiger partial charge in [-0.05, 0) is 63.7 Å². The molecule has 0 aromatic carbocycles. The van der Waals surface area contributed by atoms with Crippen molar-refractivity contribution < 1.29 is 0 Å². The first-order chi connectivity index (χ1) is 12.4. The summed E-state index contributed by atoms with van der Waals surface area (Å²) in [7, 11) is 0. The Hall–Kier alpha value is -0.0800. The first kappa shape index (κ1) is 23.0. The van der Waals surface area contributed by atoms with Gasteiger partial charge in [-0.2, -0.15) is 0 Å². The van der Waals surface area contributed by atoms with Crippen LogP contribution in [0.3, 0.4) is 0 Å². The van der Waals surface area contributed by atoms with Crippen molar-refractivity contribution in [3.63, 3.8) is 0 Å². The van der Waals surface area contributed by atoms with Gasteiger partial charge in [-0.3, -0.25) is 0 Å². The van der Waals surface area contributed by atoms with Gasteiger partial charge in [0.2, 0.25) is 0 Å². The van der Waals surface area contributed by atoms with Crippen molar-refractivity contribution in [2.45, 2.75) is 110 Å². The average Bonchev–Trinajstić information content (AvgIpc) is 3.37. The molecule has 25 heavy (non-hydrogen) atoms. The Morgan fingerprint density at radius 1 is 0.560 bits per heavy atom. The fourth-order valence-corrected chi connectivity index (χ4v) is 3.87. The molecule has 0 heterocycles. The van der Waals surface area contributed by atoms with Gasteiger partial charge < -0.3 is 10.6 Å². The van der Waals surface area contributed by atoms with Gasteiger partial charge in [0, 0.05) is 0 Å². The van der Waals surface area contributed by atoms with E-state index in [1.165, 1.54) is 122 Å². The minimum Gasteiger partial charge on any atom is -0.317 e. The maximum atomic E-state index is 3.69. The van der Waals surface area contributed by atoms with E-state index in [4.69, 9.17) is 0 Å². The number of unbranched alkanes of at least 4 members (excludes halogenated alkanes) is 10. The summed E-state index contributed by atoms with van der Waals surface area (Å²) < 4.78 is 0. The predicted octanol–water partition coefficient (Wildman–Crippen LogP) is 6.30. The third kappa shape index (κ3) is 14.7. The molecular formula is C23H48N2. The maximum Gasteiger partial charge on any atom is -0.00178 e. The maximum absolute atomic E-state index is 3.69. The molecular weight excluding hydrogens is 304 g/mol. The molecule has 0 unspecified atom stereocenters. The quantitative estimate of drug-likeness (QED) is 0.251. The molecule has 2 atom stereocenters. The van der Waals surface area contributed by atoms with Crippen LogP contribution in [0.2, 0.25) is 0 Å². The van der Waals surface area contributed by atoms with Crippen molar-refractivity contribution in [1.82, 2.24) is 10.6 Å². The second kappa shape index (κ2) is 17.3. The molecule has 1 rings (SSSR count). The molecule has 0 aliphatic heterocycles. The van der Waals surface area contributed by atoms with E-state index in [0.717, 1.165) is 11.8 Å². The van der Waals surface area contributed by atoms with Crippen LogP contribution < -0.4 is 10.6 Å². The van der Waals surface area contributed by atoms with E-state index in [1.54, 1.807) is 0 Å². The molecule has 0 saturated heterocycles. The number of hydrogen-bond acceptors (Lipinski definition) is 2. The minimum absolute atomic E-state index is 1.01. The van der Waals surface area contributed by atoms with E-state index in [9.17, 15) is 0 Å². The van der Waals surface area contributed by atoms with Crippen LogP contribution in [-0.2, 0) is 0 Å². The lowest BCUT2D eigenvalue weighted by Gasteiger charge is -2.05. The highest BCUT2D eigenvalue weighted by molar-refractivity contribution is 4.87. The minimum atomic E-state index is 1.01. The summed E-state index contributed by atoms with van der Waals surface area (Å²) in [5, 5.41) is 7.29. The predicted molar refractivity (Wildman–Crippen MR) is 113 cm³/mol. The third-order valence-corrected chi connectivity index (χ3v) is 5.82. The van der Waals surface area contributed by atoms with Gasteiger partial charge in [-0.25, -0.2) is 0 Å². The Kier molecular flexibility index (Phi) is 15.9. The highest BCUT2D eigenvalue weighted by atomic mass is 14.9. The van der Waals surface area contributed by atoms with Crippen molar-refractivity contribution in [3.05, 3.63) is 0 Å². The largest absolute Gasteiger partial charge is 0.317 e. The van der Waals surface area contributed by atoms with Gasteiger partial charge in [0.1, 0.15) is 0 Å². The Labute approximate surface area is 159 Å². The van der Waals surface area contributed by atoms with Crippen LogP contribution in [-0.4, -0.2) is 26.2 Å². The second-order valence-electron chi connectivity index (χ2n) is 8.39. The van der Waals surface area contributed by atoms with Crippen LogP contribution in [0.4, 0.5) is 0 Å². The monoisotopic (exact) mass is 352 g/mol. The van der Waals surface area contributed by atoms with Gasteiger partial charge in [0.15, 0.2) is 0 Å². The fourth-order valence-electron chi connectivity index (χ4n) is 3.87. The van der Waals surface area contributed by atoms with Gasteiger partial charge in [-0.15, -0.1) is 0 Å².